The minimum Gasteiger partial charge on any atom is -0.406 e. The van der Waals surface area contributed by atoms with Crippen LogP contribution in [0.4, 0.5) is 24.5 Å². The molecule has 6 nitrogen and oxygen atoms in total. The quantitative estimate of drug-likeness (QED) is 0.160. The third kappa shape index (κ3) is 6.43. The smallest absolute Gasteiger partial charge is 0.406 e. The van der Waals surface area contributed by atoms with E-state index in [2.05, 4.69) is 74.6 Å². The van der Waals surface area contributed by atoms with Crippen LogP contribution < -0.4 is 10.1 Å². The van der Waals surface area contributed by atoms with E-state index in [1.807, 2.05) is 85.0 Å². The van der Waals surface area contributed by atoms with E-state index in [9.17, 15) is 13.2 Å². The van der Waals surface area contributed by atoms with Gasteiger partial charge < -0.3 is 20.0 Å². The van der Waals surface area contributed by atoms with Crippen LogP contribution in [0.15, 0.2) is 140 Å². The first-order valence-electron chi connectivity index (χ1n) is 17.3. The summed E-state index contributed by atoms with van der Waals surface area (Å²) in [5.74, 6) is -0.310. The maximum absolute atomic E-state index is 12.9. The van der Waals surface area contributed by atoms with Gasteiger partial charge in [0, 0.05) is 38.9 Å². The molecular formula is C45H30F3N5O. The molecule has 8 bridgehead atoms. The number of fused-ring (bicyclic) bond motifs is 8. The van der Waals surface area contributed by atoms with Crippen LogP contribution in [0.2, 0.25) is 0 Å². The topological polar surface area (TPSA) is 78.6 Å². The molecule has 0 atom stereocenters. The van der Waals surface area contributed by atoms with Crippen molar-refractivity contribution in [1.29, 1.82) is 0 Å². The highest BCUT2D eigenvalue weighted by Gasteiger charge is 2.31. The van der Waals surface area contributed by atoms with Crippen molar-refractivity contribution in [3.8, 4) is 39.1 Å². The van der Waals surface area contributed by atoms with Crippen LogP contribution in [-0.2, 0) is 0 Å². The average Bonchev–Trinajstić information content (AvgIpc) is 4.02. The summed E-state index contributed by atoms with van der Waals surface area (Å²) in [4.78, 5) is 17.8. The third-order valence-electron chi connectivity index (χ3n) is 9.30. The first-order chi connectivity index (χ1) is 26.4. The minimum absolute atomic E-state index is 0.310. The zero-order valence-electron chi connectivity index (χ0n) is 28.5. The Morgan fingerprint density at radius 1 is 0.444 bits per heavy atom. The molecule has 7 aromatic rings. The highest BCUT2D eigenvalue weighted by Crippen LogP contribution is 2.38. The Morgan fingerprint density at radius 3 is 1.28 bits per heavy atom. The zero-order valence-corrected chi connectivity index (χ0v) is 28.5. The molecule has 0 aliphatic carbocycles. The number of aromatic nitrogens is 4. The minimum atomic E-state index is -4.79. The first-order valence-corrected chi connectivity index (χ1v) is 17.3. The SMILES string of the molecule is FC(F)(F)Oc1ccc(Nc2c3nc(c(-c4ccccc4)c4ccc([nH]4)c(-c4ccccc4)c4nc(c(-c5ccccc5)c5ccc2[nH]5)C=C4)C=C3)cc1. The number of H-pyrrole nitrogens is 2. The Balaban J connectivity index is 1.37. The Hall–Kier alpha value is -7.13. The van der Waals surface area contributed by atoms with Crippen LogP contribution in [0.25, 0.3) is 79.8 Å². The van der Waals surface area contributed by atoms with E-state index in [4.69, 9.17) is 9.97 Å². The summed E-state index contributed by atoms with van der Waals surface area (Å²) in [5.41, 5.74) is 13.3. The van der Waals surface area contributed by atoms with Gasteiger partial charge in [-0.15, -0.1) is 13.2 Å². The van der Waals surface area contributed by atoms with Crippen LogP contribution in [0.1, 0.15) is 22.8 Å². The second-order valence-corrected chi connectivity index (χ2v) is 12.8. The lowest BCUT2D eigenvalue weighted by Crippen LogP contribution is -2.16. The Bertz CT molecular complexity index is 2700. The number of ether oxygens (including phenoxy) is 1. The highest BCUT2D eigenvalue weighted by atomic mass is 19.4. The number of rotatable bonds is 6. The normalized spacial score (nSPS) is 12.2. The van der Waals surface area contributed by atoms with Gasteiger partial charge in [-0.1, -0.05) is 91.0 Å². The van der Waals surface area contributed by atoms with Crippen LogP contribution in [0, 0.1) is 0 Å². The molecule has 262 valence electrons. The summed E-state index contributed by atoms with van der Waals surface area (Å²) in [7, 11) is 0. The molecule has 3 aromatic heterocycles. The number of hydrogen-bond acceptors (Lipinski definition) is 4. The van der Waals surface area contributed by atoms with Crippen LogP contribution in [0.5, 0.6) is 5.75 Å². The van der Waals surface area contributed by atoms with E-state index in [0.29, 0.717) is 17.1 Å². The van der Waals surface area contributed by atoms with Gasteiger partial charge in [0.2, 0.25) is 0 Å². The summed E-state index contributed by atoms with van der Waals surface area (Å²) in [6.07, 6.45) is 3.24. The zero-order chi connectivity index (χ0) is 36.6. The number of nitrogens with one attached hydrogen (secondary N) is 3. The summed E-state index contributed by atoms with van der Waals surface area (Å²) >= 11 is 0. The molecule has 54 heavy (non-hydrogen) atoms. The molecule has 9 heteroatoms. The van der Waals surface area contributed by atoms with Crippen molar-refractivity contribution in [2.24, 2.45) is 0 Å². The summed E-state index contributed by atoms with van der Waals surface area (Å²) in [6.45, 7) is 0. The molecule has 0 radical (unpaired) electrons. The van der Waals surface area contributed by atoms with Gasteiger partial charge in [0.15, 0.2) is 0 Å². The number of alkyl halides is 3. The molecule has 4 aromatic carbocycles. The standard InChI is InChI=1S/C45H30F3N5O/c46-45(47,48)54-32-18-16-31(17-19-32)49-44-39-26-24-37(52-39)42(29-12-6-2-7-13-29)35-22-20-33(50-35)41(28-10-4-1-5-11-28)34-21-23-36(51-34)43(30-14-8-3-9-15-30)38-25-27-40(44)53-38/h1-27,49-50,53H. The van der Waals surface area contributed by atoms with Crippen molar-refractivity contribution in [2.45, 2.75) is 6.36 Å². The van der Waals surface area contributed by atoms with Gasteiger partial charge in [-0.05, 0) is 89.5 Å². The molecule has 0 saturated heterocycles. The number of hydrogen-bond donors (Lipinski definition) is 3. The molecule has 0 fully saturated rings. The van der Waals surface area contributed by atoms with Gasteiger partial charge >= 0.3 is 6.36 Å². The number of halogens is 3. The molecule has 0 spiro atoms. The van der Waals surface area contributed by atoms with Gasteiger partial charge in [0.05, 0.1) is 34.0 Å². The summed E-state index contributed by atoms with van der Waals surface area (Å²) < 4.78 is 42.9. The van der Waals surface area contributed by atoms with E-state index in [1.54, 1.807) is 12.1 Å². The van der Waals surface area contributed by atoms with Crippen molar-refractivity contribution >= 4 is 57.7 Å². The molecule has 0 amide bonds. The number of anilines is 2. The lowest BCUT2D eigenvalue weighted by atomic mass is 10.0. The number of nitrogens with zero attached hydrogens (tertiary/aromatic N) is 2. The number of benzene rings is 4. The second kappa shape index (κ2) is 13.4. The Morgan fingerprint density at radius 2 is 0.833 bits per heavy atom. The summed E-state index contributed by atoms with van der Waals surface area (Å²) in [6, 6.07) is 44.2. The molecule has 9 rings (SSSR count). The van der Waals surface area contributed by atoms with E-state index >= 15 is 0 Å². The lowest BCUT2D eigenvalue weighted by Gasteiger charge is -2.11. The lowest BCUT2D eigenvalue weighted by molar-refractivity contribution is -0.274. The van der Waals surface area contributed by atoms with Crippen molar-refractivity contribution in [1.82, 2.24) is 19.9 Å². The maximum atomic E-state index is 12.9. The third-order valence-corrected chi connectivity index (χ3v) is 9.30. The van der Waals surface area contributed by atoms with Gasteiger partial charge in [-0.25, -0.2) is 9.97 Å². The summed E-state index contributed by atoms with van der Waals surface area (Å²) in [5, 5.41) is 3.44. The van der Waals surface area contributed by atoms with E-state index in [0.717, 1.165) is 72.5 Å². The molecule has 5 heterocycles. The largest absolute Gasteiger partial charge is 0.573 e. The molecule has 0 unspecified atom stereocenters. The fraction of sp³-hybridized carbons (Fsp3) is 0.0222. The maximum Gasteiger partial charge on any atom is 0.573 e. The van der Waals surface area contributed by atoms with Crippen molar-refractivity contribution in [2.75, 3.05) is 5.32 Å². The number of aromatic amines is 2. The van der Waals surface area contributed by atoms with Gasteiger partial charge in [0.1, 0.15) is 5.75 Å². The second-order valence-electron chi connectivity index (χ2n) is 12.8. The highest BCUT2D eigenvalue weighted by molar-refractivity contribution is 5.99. The molecule has 3 N–H and O–H groups in total. The van der Waals surface area contributed by atoms with E-state index < -0.39 is 6.36 Å². The Kier molecular flexibility index (Phi) is 8.16. The van der Waals surface area contributed by atoms with Crippen LogP contribution in [-0.4, -0.2) is 26.3 Å². The van der Waals surface area contributed by atoms with Crippen molar-refractivity contribution < 1.29 is 17.9 Å². The van der Waals surface area contributed by atoms with Gasteiger partial charge in [-0.2, -0.15) is 0 Å². The van der Waals surface area contributed by atoms with Gasteiger partial charge in [-0.3, -0.25) is 0 Å². The van der Waals surface area contributed by atoms with Crippen LogP contribution in [0.3, 0.4) is 0 Å². The van der Waals surface area contributed by atoms with Gasteiger partial charge in [0.25, 0.3) is 0 Å². The van der Waals surface area contributed by atoms with E-state index in [-0.39, 0.29) is 5.75 Å². The van der Waals surface area contributed by atoms with Crippen molar-refractivity contribution in [3.63, 3.8) is 0 Å². The predicted molar refractivity (Wildman–Crippen MR) is 212 cm³/mol. The fourth-order valence-corrected chi connectivity index (χ4v) is 6.95. The average molecular weight is 714 g/mol. The molecule has 2 aliphatic heterocycles. The predicted octanol–water partition coefficient (Wildman–Crippen LogP) is 12.3. The van der Waals surface area contributed by atoms with Crippen molar-refractivity contribution in [3.05, 3.63) is 162 Å². The molecule has 0 saturated carbocycles. The Labute approximate surface area is 308 Å². The van der Waals surface area contributed by atoms with Crippen LogP contribution >= 0.6 is 0 Å². The first kappa shape index (κ1) is 32.8. The monoisotopic (exact) mass is 713 g/mol. The fourth-order valence-electron chi connectivity index (χ4n) is 6.95. The molecular weight excluding hydrogens is 684 g/mol. The molecule has 2 aliphatic rings. The van der Waals surface area contributed by atoms with E-state index in [1.165, 1.54) is 12.1 Å².